The van der Waals surface area contributed by atoms with Crippen molar-refractivity contribution < 1.29 is 34.0 Å². The Morgan fingerprint density at radius 2 is 1.20 bits per heavy atom. The van der Waals surface area contributed by atoms with E-state index in [1.807, 2.05) is 0 Å². The van der Waals surface area contributed by atoms with Gasteiger partial charge in [-0.25, -0.2) is 0 Å². The number of hydrogen-bond donors (Lipinski definition) is 0. The second kappa shape index (κ2) is 8.59. The fourth-order valence-electron chi connectivity index (χ4n) is 1.31. The third-order valence-corrected chi connectivity index (χ3v) is 2.57. The molecule has 10 heavy (non-hydrogen) atoms. The first kappa shape index (κ1) is 14.0. The van der Waals surface area contributed by atoms with Gasteiger partial charge in [0, 0.05) is 0 Å². The number of halogens is 2. The zero-order valence-electron chi connectivity index (χ0n) is 6.15. The van der Waals surface area contributed by atoms with Gasteiger partial charge in [0.05, 0.1) is 0 Å². The quantitative estimate of drug-likeness (QED) is 0.317. The molecule has 0 aromatic rings. The summed E-state index contributed by atoms with van der Waals surface area (Å²) in [4.78, 5) is 0. The van der Waals surface area contributed by atoms with E-state index < -0.39 is 0 Å². The summed E-state index contributed by atoms with van der Waals surface area (Å²) in [7, 11) is 0. The average molecular weight is 284 g/mol. The zero-order valence-corrected chi connectivity index (χ0v) is 10.5. The molecule has 1 aliphatic carbocycles. The summed E-state index contributed by atoms with van der Waals surface area (Å²) in [6.07, 6.45) is 8.79. The van der Waals surface area contributed by atoms with Gasteiger partial charge in [-0.05, 0) is 0 Å². The molecule has 1 fully saturated rings. The Hall–Kier alpha value is 1.49. The SMILES string of the molecule is [Al+2][CH]1CCCCCC1.[Br-].[Br-]. The summed E-state index contributed by atoms with van der Waals surface area (Å²) in [5.74, 6) is 0. The van der Waals surface area contributed by atoms with Gasteiger partial charge in [-0.3, -0.25) is 0 Å². The van der Waals surface area contributed by atoms with E-state index in [2.05, 4.69) is 16.3 Å². The Bertz CT molecular complexity index is 60.6. The molecule has 1 saturated carbocycles. The van der Waals surface area contributed by atoms with Crippen LogP contribution in [-0.4, -0.2) is 16.3 Å². The second-order valence-corrected chi connectivity index (χ2v) is 3.69. The first-order valence-corrected chi connectivity index (χ1v) is 4.32. The van der Waals surface area contributed by atoms with Crippen LogP contribution in [0.1, 0.15) is 38.5 Å². The van der Waals surface area contributed by atoms with E-state index in [1.165, 1.54) is 38.5 Å². The Morgan fingerprint density at radius 1 is 0.800 bits per heavy atom. The smallest absolute Gasteiger partial charge is 1.00 e. The van der Waals surface area contributed by atoms with Crippen LogP contribution in [0.2, 0.25) is 4.78 Å². The normalized spacial score (nSPS) is 20.2. The van der Waals surface area contributed by atoms with Gasteiger partial charge in [0.2, 0.25) is 0 Å². The molecule has 0 radical (unpaired) electrons. The largest absolute Gasteiger partial charge is 1.00 e. The third kappa shape index (κ3) is 6.22. The third-order valence-electron chi connectivity index (χ3n) is 1.90. The summed E-state index contributed by atoms with van der Waals surface area (Å²) in [6, 6.07) is 0. The molecule has 1 aliphatic rings. The van der Waals surface area contributed by atoms with Crippen LogP contribution in [0.3, 0.4) is 0 Å². The van der Waals surface area contributed by atoms with Crippen LogP contribution in [0.25, 0.3) is 0 Å². The van der Waals surface area contributed by atoms with Gasteiger partial charge in [-0.15, -0.1) is 0 Å². The van der Waals surface area contributed by atoms with Gasteiger partial charge in [-0.2, -0.15) is 0 Å². The van der Waals surface area contributed by atoms with Crippen molar-refractivity contribution in [3.05, 3.63) is 0 Å². The van der Waals surface area contributed by atoms with Crippen molar-refractivity contribution >= 4 is 16.3 Å². The Labute approximate surface area is 93.1 Å². The van der Waals surface area contributed by atoms with E-state index in [-0.39, 0.29) is 34.0 Å². The van der Waals surface area contributed by atoms with Crippen LogP contribution in [0.15, 0.2) is 0 Å². The maximum absolute atomic E-state index is 2.94. The molecule has 0 saturated heterocycles. The molecule has 0 bridgehead atoms. The maximum Gasteiger partial charge on any atom is -1.00 e. The van der Waals surface area contributed by atoms with Gasteiger partial charge in [0.1, 0.15) is 0 Å². The fraction of sp³-hybridized carbons (Fsp3) is 1.00. The van der Waals surface area contributed by atoms with E-state index in [0.29, 0.717) is 0 Å². The Balaban J connectivity index is 0. The monoisotopic (exact) mass is 282 g/mol. The Morgan fingerprint density at radius 3 is 1.60 bits per heavy atom. The van der Waals surface area contributed by atoms with Crippen molar-refractivity contribution in [1.29, 1.82) is 0 Å². The minimum atomic E-state index is 0. The van der Waals surface area contributed by atoms with E-state index >= 15 is 0 Å². The van der Waals surface area contributed by atoms with Crippen LogP contribution < -0.4 is 34.0 Å². The molecular weight excluding hydrogens is 271 g/mol. The van der Waals surface area contributed by atoms with Crippen LogP contribution >= 0.6 is 0 Å². The van der Waals surface area contributed by atoms with Crippen LogP contribution in [-0.2, 0) is 0 Å². The summed E-state index contributed by atoms with van der Waals surface area (Å²) in [5, 5.41) is 0. The van der Waals surface area contributed by atoms with Gasteiger partial charge < -0.3 is 34.0 Å². The average Bonchev–Trinajstić information content (AvgIpc) is 1.94. The zero-order chi connectivity index (χ0) is 5.82. The predicted octanol–water partition coefficient (Wildman–Crippen LogP) is -3.69. The molecule has 3 heteroatoms. The molecular formula is C7H13AlBr2. The van der Waals surface area contributed by atoms with Crippen molar-refractivity contribution in [3.63, 3.8) is 0 Å². The Kier molecular flexibility index (Phi) is 12.1. The summed E-state index contributed by atoms with van der Waals surface area (Å²) < 4.78 is 0.942. The molecule has 0 unspecified atom stereocenters. The molecule has 58 valence electrons. The minimum Gasteiger partial charge on any atom is -1.00 e. The molecule has 0 aromatic heterocycles. The van der Waals surface area contributed by atoms with Gasteiger partial charge in [0.25, 0.3) is 0 Å². The molecule has 0 aromatic carbocycles. The van der Waals surface area contributed by atoms with Crippen LogP contribution in [0, 0.1) is 0 Å². The molecule has 1 rings (SSSR count). The molecule has 0 atom stereocenters. The maximum atomic E-state index is 2.94. The predicted molar refractivity (Wildman–Crippen MR) is 37.2 cm³/mol. The van der Waals surface area contributed by atoms with E-state index in [4.69, 9.17) is 0 Å². The van der Waals surface area contributed by atoms with Crippen molar-refractivity contribution in [2.75, 3.05) is 0 Å². The first-order valence-electron chi connectivity index (χ1n) is 3.65. The summed E-state index contributed by atoms with van der Waals surface area (Å²) >= 11 is 2.94. The van der Waals surface area contributed by atoms with Crippen molar-refractivity contribution in [2.24, 2.45) is 0 Å². The molecule has 0 N–H and O–H groups in total. The van der Waals surface area contributed by atoms with Crippen LogP contribution in [0.4, 0.5) is 0 Å². The molecule has 0 spiro atoms. The summed E-state index contributed by atoms with van der Waals surface area (Å²) in [6.45, 7) is 0. The van der Waals surface area contributed by atoms with E-state index in [9.17, 15) is 0 Å². The van der Waals surface area contributed by atoms with Gasteiger partial charge in [0.15, 0.2) is 0 Å². The molecule has 0 aliphatic heterocycles. The fourth-order valence-corrected chi connectivity index (χ4v) is 1.78. The second-order valence-electron chi connectivity index (χ2n) is 2.75. The number of rotatable bonds is 0. The molecule has 0 heterocycles. The van der Waals surface area contributed by atoms with Crippen molar-refractivity contribution in [1.82, 2.24) is 0 Å². The molecule has 0 nitrogen and oxygen atoms in total. The van der Waals surface area contributed by atoms with Gasteiger partial charge in [-0.1, -0.05) is 0 Å². The standard InChI is InChI=1S/C7H13.Al.2BrH/c1-2-4-6-7-5-3-1;;;/h1H,2-7H2;;2*1H/q;+2;;/p-2. The topological polar surface area (TPSA) is 0 Å². The van der Waals surface area contributed by atoms with E-state index in [0.717, 1.165) is 4.78 Å². The summed E-state index contributed by atoms with van der Waals surface area (Å²) in [5.41, 5.74) is 0. The minimum absolute atomic E-state index is 0. The van der Waals surface area contributed by atoms with E-state index in [1.54, 1.807) is 0 Å². The molecule has 0 amide bonds. The van der Waals surface area contributed by atoms with Crippen LogP contribution in [0.5, 0.6) is 0 Å². The first-order chi connectivity index (χ1) is 3.89. The number of hydrogen-bond acceptors (Lipinski definition) is 0. The van der Waals surface area contributed by atoms with Crippen molar-refractivity contribution in [3.8, 4) is 0 Å². The van der Waals surface area contributed by atoms with Crippen molar-refractivity contribution in [2.45, 2.75) is 43.3 Å². The van der Waals surface area contributed by atoms with Gasteiger partial charge >= 0.3 is 59.6 Å².